The molecule has 9 nitrogen and oxygen atoms in total. The predicted octanol–water partition coefficient (Wildman–Crippen LogP) is 3.68. The molecule has 0 aliphatic carbocycles. The smallest absolute Gasteiger partial charge is 0.263 e. The number of nitrogens with zero attached hydrogens (tertiary/aromatic N) is 6. The van der Waals surface area contributed by atoms with E-state index in [2.05, 4.69) is 26.7 Å². The third-order valence-electron chi connectivity index (χ3n) is 7.72. The molecular weight excluding hydrogens is 512 g/mol. The van der Waals surface area contributed by atoms with Crippen LogP contribution in [0.4, 0.5) is 5.82 Å². The van der Waals surface area contributed by atoms with Crippen molar-refractivity contribution in [3.63, 3.8) is 0 Å². The number of fused-ring (bicyclic) bond motifs is 1. The topological polar surface area (TPSA) is 85.6 Å². The lowest BCUT2D eigenvalue weighted by Gasteiger charge is -2.38. The summed E-state index contributed by atoms with van der Waals surface area (Å²) < 4.78 is 12.9. The minimum atomic E-state index is -0.143. The summed E-state index contributed by atoms with van der Waals surface area (Å²) >= 11 is 8.17. The molecule has 3 aliphatic rings. The standard InChI is InChI=1S/C26H31ClN6O3S/c1-18-12-26(15-36-18)4-6-32(7-5-26)21-13-29-22(14-28-21)37-20-3-2-19-23(24(20)27)25(34)33(16-30-19)17-31-8-10-35-11-9-31/h2-3,13-14,16,18H,4-12,15,17H2,1H3/t18-/m0/s1. The minimum absolute atomic E-state index is 0.143. The number of anilines is 1. The molecule has 3 aliphatic heterocycles. The van der Waals surface area contributed by atoms with E-state index in [-0.39, 0.29) is 5.56 Å². The van der Waals surface area contributed by atoms with Gasteiger partial charge in [0.2, 0.25) is 0 Å². The summed E-state index contributed by atoms with van der Waals surface area (Å²) in [6, 6.07) is 3.72. The second kappa shape index (κ2) is 10.5. The van der Waals surface area contributed by atoms with Gasteiger partial charge in [0.15, 0.2) is 0 Å². The van der Waals surface area contributed by atoms with E-state index in [1.807, 2.05) is 18.3 Å². The van der Waals surface area contributed by atoms with Crippen molar-refractivity contribution >= 4 is 40.1 Å². The van der Waals surface area contributed by atoms with Crippen LogP contribution in [0.3, 0.4) is 0 Å². The maximum Gasteiger partial charge on any atom is 0.263 e. The summed E-state index contributed by atoms with van der Waals surface area (Å²) in [5.41, 5.74) is 0.779. The van der Waals surface area contributed by atoms with Crippen LogP contribution in [-0.2, 0) is 16.1 Å². The predicted molar refractivity (Wildman–Crippen MR) is 143 cm³/mol. The summed E-state index contributed by atoms with van der Waals surface area (Å²) in [7, 11) is 0. The van der Waals surface area contributed by atoms with E-state index in [1.54, 1.807) is 17.1 Å². The quantitative estimate of drug-likeness (QED) is 0.479. The van der Waals surface area contributed by atoms with Crippen molar-refractivity contribution < 1.29 is 9.47 Å². The highest BCUT2D eigenvalue weighted by molar-refractivity contribution is 7.99. The lowest BCUT2D eigenvalue weighted by atomic mass is 9.77. The Labute approximate surface area is 225 Å². The Morgan fingerprint density at radius 1 is 1.11 bits per heavy atom. The van der Waals surface area contributed by atoms with E-state index in [0.717, 1.165) is 67.8 Å². The van der Waals surface area contributed by atoms with E-state index in [9.17, 15) is 4.79 Å². The lowest BCUT2D eigenvalue weighted by molar-refractivity contribution is 0.0228. The van der Waals surface area contributed by atoms with Gasteiger partial charge < -0.3 is 14.4 Å². The summed E-state index contributed by atoms with van der Waals surface area (Å²) in [6.07, 6.45) is 8.98. The fourth-order valence-corrected chi connectivity index (χ4v) is 6.69. The lowest BCUT2D eigenvalue weighted by Crippen LogP contribution is -2.41. The van der Waals surface area contributed by atoms with Crippen molar-refractivity contribution in [1.82, 2.24) is 24.4 Å². The van der Waals surface area contributed by atoms with Crippen molar-refractivity contribution in [3.8, 4) is 0 Å². The third kappa shape index (κ3) is 5.22. The Kier molecular flexibility index (Phi) is 7.11. The van der Waals surface area contributed by atoms with Crippen molar-refractivity contribution in [2.45, 2.75) is 48.9 Å². The number of aromatic nitrogens is 4. The fraction of sp³-hybridized carbons (Fsp3) is 0.538. The molecule has 11 heteroatoms. The Morgan fingerprint density at radius 3 is 2.62 bits per heavy atom. The number of halogens is 1. The van der Waals surface area contributed by atoms with E-state index in [0.29, 0.717) is 47.3 Å². The van der Waals surface area contributed by atoms with Crippen LogP contribution in [0.15, 0.2) is 45.6 Å². The molecule has 3 saturated heterocycles. The Bertz CT molecular complexity index is 1320. The zero-order valence-corrected chi connectivity index (χ0v) is 22.5. The van der Waals surface area contributed by atoms with Gasteiger partial charge in [-0.3, -0.25) is 14.3 Å². The molecule has 0 bridgehead atoms. The molecule has 37 heavy (non-hydrogen) atoms. The highest BCUT2D eigenvalue weighted by atomic mass is 35.5. The van der Waals surface area contributed by atoms with Crippen molar-refractivity contribution in [1.29, 1.82) is 0 Å². The first-order valence-electron chi connectivity index (χ1n) is 12.8. The highest BCUT2D eigenvalue weighted by Gasteiger charge is 2.41. The maximum atomic E-state index is 13.3. The third-order valence-corrected chi connectivity index (χ3v) is 9.21. The summed E-state index contributed by atoms with van der Waals surface area (Å²) in [5.74, 6) is 0.894. The fourth-order valence-electron chi connectivity index (χ4n) is 5.57. The second-order valence-electron chi connectivity index (χ2n) is 10.3. The van der Waals surface area contributed by atoms with Gasteiger partial charge in [-0.15, -0.1) is 0 Å². The normalized spacial score (nSPS) is 22.2. The van der Waals surface area contributed by atoms with E-state index in [4.69, 9.17) is 26.1 Å². The molecule has 196 valence electrons. The van der Waals surface area contributed by atoms with Crippen LogP contribution in [0.5, 0.6) is 0 Å². The van der Waals surface area contributed by atoms with E-state index >= 15 is 0 Å². The Hall–Kier alpha value is -2.24. The molecule has 3 fully saturated rings. The van der Waals surface area contributed by atoms with Crippen LogP contribution in [-0.4, -0.2) is 76.5 Å². The summed E-state index contributed by atoms with van der Waals surface area (Å²) in [6.45, 7) is 8.37. The van der Waals surface area contributed by atoms with Crippen molar-refractivity contribution in [2.24, 2.45) is 5.41 Å². The highest BCUT2D eigenvalue weighted by Crippen LogP contribution is 2.42. The molecule has 5 heterocycles. The number of piperidine rings is 1. The van der Waals surface area contributed by atoms with Gasteiger partial charge in [-0.2, -0.15) is 0 Å². The number of benzene rings is 1. The largest absolute Gasteiger partial charge is 0.379 e. The van der Waals surface area contributed by atoms with Crippen molar-refractivity contribution in [3.05, 3.63) is 46.2 Å². The number of rotatable bonds is 5. The molecule has 1 spiro atoms. The number of hydrogen-bond donors (Lipinski definition) is 0. The molecule has 0 saturated carbocycles. The Morgan fingerprint density at radius 2 is 1.92 bits per heavy atom. The number of hydrogen-bond acceptors (Lipinski definition) is 9. The average Bonchev–Trinajstić information content (AvgIpc) is 3.28. The first kappa shape index (κ1) is 25.1. The van der Waals surface area contributed by atoms with Gasteiger partial charge in [0.1, 0.15) is 10.8 Å². The zero-order chi connectivity index (χ0) is 25.4. The first-order valence-corrected chi connectivity index (χ1v) is 14.0. The van der Waals surface area contributed by atoms with Gasteiger partial charge >= 0.3 is 0 Å². The van der Waals surface area contributed by atoms with Gasteiger partial charge in [0.05, 0.1) is 67.2 Å². The molecule has 2 aromatic heterocycles. The molecule has 0 unspecified atom stereocenters. The number of morpholine rings is 1. The van der Waals surface area contributed by atoms with Crippen LogP contribution in [0.1, 0.15) is 26.2 Å². The first-order chi connectivity index (χ1) is 18.0. The number of ether oxygens (including phenoxy) is 2. The van der Waals surface area contributed by atoms with Crippen LogP contribution >= 0.6 is 23.4 Å². The molecule has 6 rings (SSSR count). The van der Waals surface area contributed by atoms with Gasteiger partial charge in [0, 0.05) is 31.1 Å². The monoisotopic (exact) mass is 542 g/mol. The molecule has 0 amide bonds. The molecule has 0 N–H and O–H groups in total. The van der Waals surface area contributed by atoms with Crippen LogP contribution in [0.25, 0.3) is 10.9 Å². The average molecular weight is 543 g/mol. The summed E-state index contributed by atoms with van der Waals surface area (Å²) in [5, 5.41) is 1.56. The molecule has 3 aromatic rings. The Balaban J connectivity index is 1.16. The summed E-state index contributed by atoms with van der Waals surface area (Å²) in [4.78, 5) is 32.3. The molecular formula is C26H31ClN6O3S. The molecule has 1 aromatic carbocycles. The van der Waals surface area contributed by atoms with Crippen LogP contribution in [0.2, 0.25) is 5.02 Å². The van der Waals surface area contributed by atoms with E-state index in [1.165, 1.54) is 11.8 Å². The SMILES string of the molecule is C[C@H]1CC2(CCN(c3cnc(Sc4ccc5ncn(CN6CCOCC6)c(=O)c5c4Cl)cn3)CC2)CO1. The molecule has 0 radical (unpaired) electrons. The van der Waals surface area contributed by atoms with Gasteiger partial charge in [0.25, 0.3) is 5.56 Å². The molecule has 1 atom stereocenters. The van der Waals surface area contributed by atoms with Gasteiger partial charge in [-0.05, 0) is 43.7 Å². The van der Waals surface area contributed by atoms with Gasteiger partial charge in [-0.1, -0.05) is 23.4 Å². The van der Waals surface area contributed by atoms with Crippen LogP contribution < -0.4 is 10.5 Å². The zero-order valence-electron chi connectivity index (χ0n) is 20.9. The van der Waals surface area contributed by atoms with E-state index < -0.39 is 0 Å². The minimum Gasteiger partial charge on any atom is -0.379 e. The van der Waals surface area contributed by atoms with Crippen LogP contribution in [0, 0.1) is 5.41 Å². The second-order valence-corrected chi connectivity index (χ2v) is 11.7. The van der Waals surface area contributed by atoms with Crippen molar-refractivity contribution in [2.75, 3.05) is 50.9 Å². The maximum absolute atomic E-state index is 13.3. The van der Waals surface area contributed by atoms with Gasteiger partial charge in [-0.25, -0.2) is 15.0 Å².